The van der Waals surface area contributed by atoms with Gasteiger partial charge < -0.3 is 9.67 Å². The number of nitrogens with zero attached hydrogens (tertiary/aromatic N) is 2. The lowest BCUT2D eigenvalue weighted by atomic mass is 9.78. The fraction of sp³-hybridized carbons (Fsp3) is 0.769. The first-order chi connectivity index (χ1) is 7.63. The second-order valence-corrected chi connectivity index (χ2v) is 5.22. The summed E-state index contributed by atoms with van der Waals surface area (Å²) in [5.41, 5.74) is 0. The molecule has 2 rings (SSSR count). The first kappa shape index (κ1) is 11.6. The Morgan fingerprint density at radius 2 is 2.19 bits per heavy atom. The van der Waals surface area contributed by atoms with Crippen molar-refractivity contribution < 1.29 is 5.11 Å². The molecule has 0 bridgehead atoms. The van der Waals surface area contributed by atoms with Crippen molar-refractivity contribution in [3.8, 4) is 0 Å². The summed E-state index contributed by atoms with van der Waals surface area (Å²) in [5, 5.41) is 10.3. The van der Waals surface area contributed by atoms with E-state index in [1.54, 1.807) is 0 Å². The molecule has 16 heavy (non-hydrogen) atoms. The second kappa shape index (κ2) is 4.58. The molecule has 0 amide bonds. The molecule has 1 fully saturated rings. The lowest BCUT2D eigenvalue weighted by Gasteiger charge is -2.38. The van der Waals surface area contributed by atoms with Gasteiger partial charge in [-0.15, -0.1) is 0 Å². The SMILES string of the molecule is CCc1nccn1C1C(C)CC(C)CC1O. The topological polar surface area (TPSA) is 38.0 Å². The Hall–Kier alpha value is -0.830. The van der Waals surface area contributed by atoms with Gasteiger partial charge in [0, 0.05) is 18.8 Å². The highest BCUT2D eigenvalue weighted by atomic mass is 16.3. The Bertz CT molecular complexity index is 335. The fourth-order valence-electron chi connectivity index (χ4n) is 3.15. The van der Waals surface area contributed by atoms with E-state index in [-0.39, 0.29) is 12.1 Å². The highest BCUT2D eigenvalue weighted by molar-refractivity contribution is 4.99. The van der Waals surface area contributed by atoms with Crippen LogP contribution in [0.2, 0.25) is 0 Å². The molecule has 1 heterocycles. The van der Waals surface area contributed by atoms with E-state index in [0.29, 0.717) is 11.8 Å². The highest BCUT2D eigenvalue weighted by Crippen LogP contribution is 2.37. The highest BCUT2D eigenvalue weighted by Gasteiger charge is 2.34. The molecule has 1 aliphatic carbocycles. The standard InChI is InChI=1S/C13H22N2O/c1-4-12-14-5-6-15(12)13-10(3)7-9(2)8-11(13)16/h5-6,9-11,13,16H,4,7-8H2,1-3H3. The Morgan fingerprint density at radius 1 is 1.44 bits per heavy atom. The third-order valence-corrected chi connectivity index (χ3v) is 3.78. The zero-order chi connectivity index (χ0) is 11.7. The van der Waals surface area contributed by atoms with Gasteiger partial charge in [0.25, 0.3) is 0 Å². The number of rotatable bonds is 2. The average Bonchev–Trinajstić information content (AvgIpc) is 2.64. The first-order valence-corrected chi connectivity index (χ1v) is 6.33. The molecule has 90 valence electrons. The van der Waals surface area contributed by atoms with Crippen molar-refractivity contribution in [2.75, 3.05) is 0 Å². The number of hydrogen-bond acceptors (Lipinski definition) is 2. The molecule has 0 spiro atoms. The van der Waals surface area contributed by atoms with E-state index in [1.165, 1.54) is 6.42 Å². The van der Waals surface area contributed by atoms with Gasteiger partial charge in [-0.05, 0) is 24.7 Å². The van der Waals surface area contributed by atoms with Crippen LogP contribution in [0.15, 0.2) is 12.4 Å². The van der Waals surface area contributed by atoms with Crippen LogP contribution in [0.3, 0.4) is 0 Å². The van der Waals surface area contributed by atoms with E-state index in [2.05, 4.69) is 30.3 Å². The molecule has 0 radical (unpaired) electrons. The van der Waals surface area contributed by atoms with Crippen molar-refractivity contribution in [2.45, 2.75) is 52.2 Å². The minimum atomic E-state index is -0.224. The molecule has 4 unspecified atom stereocenters. The largest absolute Gasteiger partial charge is 0.391 e. The van der Waals surface area contributed by atoms with Crippen molar-refractivity contribution in [3.63, 3.8) is 0 Å². The monoisotopic (exact) mass is 222 g/mol. The van der Waals surface area contributed by atoms with Crippen LogP contribution >= 0.6 is 0 Å². The Kier molecular flexibility index (Phi) is 3.33. The number of aromatic nitrogens is 2. The van der Waals surface area contributed by atoms with E-state index in [9.17, 15) is 5.11 Å². The molecule has 1 aromatic heterocycles. The lowest BCUT2D eigenvalue weighted by molar-refractivity contribution is 0.0222. The summed E-state index contributed by atoms with van der Waals surface area (Å²) >= 11 is 0. The first-order valence-electron chi connectivity index (χ1n) is 6.33. The van der Waals surface area contributed by atoms with Crippen molar-refractivity contribution >= 4 is 0 Å². The molecule has 1 aliphatic rings. The molecule has 0 saturated heterocycles. The summed E-state index contributed by atoms with van der Waals surface area (Å²) in [6.45, 7) is 6.58. The Labute approximate surface area is 97.5 Å². The van der Waals surface area contributed by atoms with Crippen LogP contribution in [0.25, 0.3) is 0 Å². The van der Waals surface area contributed by atoms with Crippen LogP contribution in [0, 0.1) is 11.8 Å². The van der Waals surface area contributed by atoms with Crippen molar-refractivity contribution in [2.24, 2.45) is 11.8 Å². The molecule has 1 aromatic rings. The molecular formula is C13H22N2O. The number of imidazole rings is 1. The van der Waals surface area contributed by atoms with Crippen LogP contribution in [-0.2, 0) is 6.42 Å². The van der Waals surface area contributed by atoms with Gasteiger partial charge in [0.05, 0.1) is 12.1 Å². The minimum absolute atomic E-state index is 0.216. The van der Waals surface area contributed by atoms with Crippen LogP contribution in [-0.4, -0.2) is 20.8 Å². The quantitative estimate of drug-likeness (QED) is 0.834. The molecule has 1 saturated carbocycles. The summed E-state index contributed by atoms with van der Waals surface area (Å²) < 4.78 is 2.18. The van der Waals surface area contributed by atoms with Gasteiger partial charge in [0.2, 0.25) is 0 Å². The predicted octanol–water partition coefficient (Wildman–Crippen LogP) is 2.41. The predicted molar refractivity (Wildman–Crippen MR) is 64.2 cm³/mol. The average molecular weight is 222 g/mol. The van der Waals surface area contributed by atoms with Crippen molar-refractivity contribution in [1.82, 2.24) is 9.55 Å². The van der Waals surface area contributed by atoms with E-state index >= 15 is 0 Å². The van der Waals surface area contributed by atoms with Gasteiger partial charge in [-0.2, -0.15) is 0 Å². The Morgan fingerprint density at radius 3 is 2.81 bits per heavy atom. The molecule has 3 heteroatoms. The molecule has 1 N–H and O–H groups in total. The van der Waals surface area contributed by atoms with Crippen LogP contribution in [0.5, 0.6) is 0 Å². The fourth-order valence-corrected chi connectivity index (χ4v) is 3.15. The maximum Gasteiger partial charge on any atom is 0.108 e. The van der Waals surface area contributed by atoms with Gasteiger partial charge in [0.15, 0.2) is 0 Å². The number of aryl methyl sites for hydroxylation is 1. The van der Waals surface area contributed by atoms with Crippen molar-refractivity contribution in [1.29, 1.82) is 0 Å². The molecule has 3 nitrogen and oxygen atoms in total. The Balaban J connectivity index is 2.25. The number of aliphatic hydroxyl groups excluding tert-OH is 1. The summed E-state index contributed by atoms with van der Waals surface area (Å²) in [6, 6.07) is 0.216. The van der Waals surface area contributed by atoms with Gasteiger partial charge in [0.1, 0.15) is 5.82 Å². The summed E-state index contributed by atoms with van der Waals surface area (Å²) in [4.78, 5) is 4.35. The maximum atomic E-state index is 10.3. The third-order valence-electron chi connectivity index (χ3n) is 3.78. The lowest BCUT2D eigenvalue weighted by Crippen LogP contribution is -2.36. The number of aliphatic hydroxyl groups is 1. The van der Waals surface area contributed by atoms with E-state index in [4.69, 9.17) is 0 Å². The van der Waals surface area contributed by atoms with Crippen LogP contribution in [0.4, 0.5) is 0 Å². The second-order valence-electron chi connectivity index (χ2n) is 5.22. The van der Waals surface area contributed by atoms with Gasteiger partial charge in [-0.25, -0.2) is 4.98 Å². The summed E-state index contributed by atoms with van der Waals surface area (Å²) in [6.07, 6.45) is 6.67. The smallest absolute Gasteiger partial charge is 0.108 e. The molecule has 0 aliphatic heterocycles. The third kappa shape index (κ3) is 2.01. The zero-order valence-electron chi connectivity index (χ0n) is 10.4. The van der Waals surface area contributed by atoms with E-state index < -0.39 is 0 Å². The van der Waals surface area contributed by atoms with Crippen LogP contribution in [0.1, 0.15) is 45.5 Å². The van der Waals surface area contributed by atoms with E-state index in [0.717, 1.165) is 18.7 Å². The zero-order valence-corrected chi connectivity index (χ0v) is 10.4. The minimum Gasteiger partial charge on any atom is -0.391 e. The van der Waals surface area contributed by atoms with Gasteiger partial charge in [-0.3, -0.25) is 0 Å². The van der Waals surface area contributed by atoms with Gasteiger partial charge >= 0.3 is 0 Å². The van der Waals surface area contributed by atoms with E-state index in [1.807, 2.05) is 12.4 Å². The van der Waals surface area contributed by atoms with Crippen molar-refractivity contribution in [3.05, 3.63) is 18.2 Å². The van der Waals surface area contributed by atoms with Crippen LogP contribution < -0.4 is 0 Å². The summed E-state index contributed by atoms with van der Waals surface area (Å²) in [7, 11) is 0. The molecule has 4 atom stereocenters. The summed E-state index contributed by atoms with van der Waals surface area (Å²) in [5.74, 6) is 2.25. The molecular weight excluding hydrogens is 200 g/mol. The normalized spacial score (nSPS) is 35.2. The number of hydrogen-bond donors (Lipinski definition) is 1. The maximum absolute atomic E-state index is 10.3. The molecule has 0 aromatic carbocycles. The van der Waals surface area contributed by atoms with Gasteiger partial charge in [-0.1, -0.05) is 20.8 Å².